The van der Waals surface area contributed by atoms with Crippen LogP contribution in [0, 0.1) is 5.82 Å². The second-order valence-electron chi connectivity index (χ2n) is 4.40. The van der Waals surface area contributed by atoms with Gasteiger partial charge in [-0.3, -0.25) is 4.79 Å². The highest BCUT2D eigenvalue weighted by Crippen LogP contribution is 2.05. The molecule has 0 saturated carbocycles. The van der Waals surface area contributed by atoms with E-state index in [-0.39, 0.29) is 24.1 Å². The molecule has 19 heavy (non-hydrogen) atoms. The minimum absolute atomic E-state index is 0. The third-order valence-electron chi connectivity index (χ3n) is 2.89. The first-order valence-electron chi connectivity index (χ1n) is 6.26. The van der Waals surface area contributed by atoms with E-state index in [1.165, 1.54) is 12.1 Å². The summed E-state index contributed by atoms with van der Waals surface area (Å²) in [7, 11) is 3.69. The lowest BCUT2D eigenvalue weighted by molar-refractivity contribution is -0.129. The first kappa shape index (κ1) is 17.9. The Hall–Kier alpha value is -1.13. The van der Waals surface area contributed by atoms with Gasteiger partial charge in [-0.05, 0) is 44.1 Å². The van der Waals surface area contributed by atoms with E-state index in [4.69, 9.17) is 0 Å². The van der Waals surface area contributed by atoms with Crippen molar-refractivity contribution in [3.05, 3.63) is 35.6 Å². The molecule has 5 heteroatoms. The number of carbonyl (C=O) groups excluding carboxylic acids is 1. The maximum absolute atomic E-state index is 12.7. The van der Waals surface area contributed by atoms with Crippen LogP contribution in [0.4, 0.5) is 4.39 Å². The zero-order valence-electron chi connectivity index (χ0n) is 11.5. The molecule has 3 nitrogen and oxygen atoms in total. The van der Waals surface area contributed by atoms with Gasteiger partial charge in [0.15, 0.2) is 0 Å². The maximum Gasteiger partial charge on any atom is 0.222 e. The van der Waals surface area contributed by atoms with Gasteiger partial charge in [0.2, 0.25) is 5.91 Å². The molecular weight excluding hydrogens is 267 g/mol. The molecule has 0 spiro atoms. The average molecular weight is 289 g/mol. The van der Waals surface area contributed by atoms with Crippen LogP contribution in [0.25, 0.3) is 0 Å². The third-order valence-corrected chi connectivity index (χ3v) is 2.89. The zero-order chi connectivity index (χ0) is 13.4. The van der Waals surface area contributed by atoms with Gasteiger partial charge in [0.1, 0.15) is 5.82 Å². The van der Waals surface area contributed by atoms with Crippen molar-refractivity contribution in [1.29, 1.82) is 0 Å². The van der Waals surface area contributed by atoms with Crippen LogP contribution in [0.3, 0.4) is 0 Å². The van der Waals surface area contributed by atoms with Crippen molar-refractivity contribution in [2.24, 2.45) is 0 Å². The van der Waals surface area contributed by atoms with Crippen molar-refractivity contribution in [1.82, 2.24) is 10.2 Å². The number of carbonyl (C=O) groups is 1. The van der Waals surface area contributed by atoms with Crippen molar-refractivity contribution in [2.75, 3.05) is 27.2 Å². The fourth-order valence-electron chi connectivity index (χ4n) is 1.68. The molecule has 1 amide bonds. The number of amides is 1. The standard InChI is InChI=1S/C14H21FN2O.ClH/c1-16-10-3-4-14(18)17(2)11-9-12-5-7-13(15)8-6-12;/h5-8,16H,3-4,9-11H2,1-2H3;1H. The summed E-state index contributed by atoms with van der Waals surface area (Å²) in [5.74, 6) is -0.0670. The first-order valence-corrected chi connectivity index (χ1v) is 6.26. The van der Waals surface area contributed by atoms with E-state index in [1.807, 2.05) is 14.1 Å². The highest BCUT2D eigenvalue weighted by Gasteiger charge is 2.07. The summed E-state index contributed by atoms with van der Waals surface area (Å²) in [6.45, 7) is 1.53. The number of hydrogen-bond donors (Lipinski definition) is 1. The second kappa shape index (κ2) is 9.75. The second-order valence-corrected chi connectivity index (χ2v) is 4.40. The van der Waals surface area contributed by atoms with Crippen molar-refractivity contribution in [3.8, 4) is 0 Å². The van der Waals surface area contributed by atoms with Gasteiger partial charge in [-0.15, -0.1) is 12.4 Å². The van der Waals surface area contributed by atoms with Crippen LogP contribution in [-0.4, -0.2) is 38.0 Å². The number of benzene rings is 1. The fourth-order valence-corrected chi connectivity index (χ4v) is 1.68. The van der Waals surface area contributed by atoms with Crippen LogP contribution in [-0.2, 0) is 11.2 Å². The molecular formula is C14H22ClFN2O. The molecule has 0 unspecified atom stereocenters. The summed E-state index contributed by atoms with van der Waals surface area (Å²) >= 11 is 0. The number of nitrogens with zero attached hydrogens (tertiary/aromatic N) is 1. The molecule has 1 rings (SSSR count). The summed E-state index contributed by atoms with van der Waals surface area (Å²) in [6, 6.07) is 6.41. The van der Waals surface area contributed by atoms with Crippen molar-refractivity contribution in [3.63, 3.8) is 0 Å². The molecule has 1 aromatic carbocycles. The number of halogens is 2. The molecule has 0 aliphatic heterocycles. The Morgan fingerprint density at radius 1 is 1.32 bits per heavy atom. The molecule has 0 bridgehead atoms. The van der Waals surface area contributed by atoms with Gasteiger partial charge in [-0.2, -0.15) is 0 Å². The molecule has 1 aromatic rings. The van der Waals surface area contributed by atoms with Crippen LogP contribution in [0.15, 0.2) is 24.3 Å². The molecule has 0 heterocycles. The largest absolute Gasteiger partial charge is 0.345 e. The smallest absolute Gasteiger partial charge is 0.222 e. The van der Waals surface area contributed by atoms with Crippen LogP contribution >= 0.6 is 12.4 Å². The zero-order valence-corrected chi connectivity index (χ0v) is 12.3. The van der Waals surface area contributed by atoms with Gasteiger partial charge in [-0.25, -0.2) is 4.39 Å². The molecule has 108 valence electrons. The summed E-state index contributed by atoms with van der Waals surface area (Å²) in [6.07, 6.45) is 2.19. The molecule has 0 aromatic heterocycles. The van der Waals surface area contributed by atoms with Gasteiger partial charge < -0.3 is 10.2 Å². The van der Waals surface area contributed by atoms with E-state index in [2.05, 4.69) is 5.32 Å². The molecule has 0 fully saturated rings. The van der Waals surface area contributed by atoms with Gasteiger partial charge >= 0.3 is 0 Å². The van der Waals surface area contributed by atoms with E-state index in [9.17, 15) is 9.18 Å². The Balaban J connectivity index is 0.00000324. The summed E-state index contributed by atoms with van der Waals surface area (Å²) in [4.78, 5) is 13.5. The van der Waals surface area contributed by atoms with E-state index < -0.39 is 0 Å². The third kappa shape index (κ3) is 7.13. The summed E-state index contributed by atoms with van der Waals surface area (Å²) < 4.78 is 12.7. The van der Waals surface area contributed by atoms with E-state index in [0.29, 0.717) is 13.0 Å². The highest BCUT2D eigenvalue weighted by atomic mass is 35.5. The SMILES string of the molecule is CNCCCC(=O)N(C)CCc1ccc(F)cc1.Cl. The topological polar surface area (TPSA) is 32.3 Å². The van der Waals surface area contributed by atoms with Crippen molar-refractivity contribution >= 4 is 18.3 Å². The molecule has 0 saturated heterocycles. The van der Waals surface area contributed by atoms with Crippen LogP contribution < -0.4 is 5.32 Å². The first-order chi connectivity index (χ1) is 8.63. The fraction of sp³-hybridized carbons (Fsp3) is 0.500. The highest BCUT2D eigenvalue weighted by molar-refractivity contribution is 5.85. The lowest BCUT2D eigenvalue weighted by Crippen LogP contribution is -2.29. The van der Waals surface area contributed by atoms with Gasteiger partial charge in [-0.1, -0.05) is 12.1 Å². The Labute approximate surface area is 120 Å². The molecule has 0 aliphatic carbocycles. The van der Waals surface area contributed by atoms with E-state index in [1.54, 1.807) is 17.0 Å². The van der Waals surface area contributed by atoms with Crippen LogP contribution in [0.1, 0.15) is 18.4 Å². The average Bonchev–Trinajstić information content (AvgIpc) is 2.38. The monoisotopic (exact) mass is 288 g/mol. The summed E-state index contributed by atoms with van der Waals surface area (Å²) in [5.41, 5.74) is 1.05. The Morgan fingerprint density at radius 3 is 2.53 bits per heavy atom. The van der Waals surface area contributed by atoms with Crippen LogP contribution in [0.5, 0.6) is 0 Å². The quantitative estimate of drug-likeness (QED) is 0.781. The van der Waals surface area contributed by atoms with Crippen molar-refractivity contribution < 1.29 is 9.18 Å². The minimum Gasteiger partial charge on any atom is -0.345 e. The molecule has 0 radical (unpaired) electrons. The van der Waals surface area contributed by atoms with E-state index >= 15 is 0 Å². The maximum atomic E-state index is 12.7. The predicted molar refractivity (Wildman–Crippen MR) is 78.1 cm³/mol. The normalized spacial score (nSPS) is 9.84. The molecule has 1 N–H and O–H groups in total. The van der Waals surface area contributed by atoms with Gasteiger partial charge in [0.25, 0.3) is 0 Å². The minimum atomic E-state index is -0.227. The lowest BCUT2D eigenvalue weighted by Gasteiger charge is -2.17. The lowest BCUT2D eigenvalue weighted by atomic mass is 10.1. The van der Waals surface area contributed by atoms with Gasteiger partial charge in [0, 0.05) is 20.0 Å². The molecule has 0 aliphatic rings. The number of likely N-dealkylation sites (N-methyl/N-ethyl adjacent to an activating group) is 1. The Morgan fingerprint density at radius 2 is 1.95 bits per heavy atom. The Kier molecular flexibility index (Phi) is 9.17. The predicted octanol–water partition coefficient (Wildman–Crippen LogP) is 2.25. The number of rotatable bonds is 7. The molecule has 0 atom stereocenters. The van der Waals surface area contributed by atoms with E-state index in [0.717, 1.165) is 24.9 Å². The Bertz CT molecular complexity index is 370. The van der Waals surface area contributed by atoms with Gasteiger partial charge in [0.05, 0.1) is 0 Å². The number of nitrogens with one attached hydrogen (secondary N) is 1. The van der Waals surface area contributed by atoms with Crippen LogP contribution in [0.2, 0.25) is 0 Å². The number of hydrogen-bond acceptors (Lipinski definition) is 2. The van der Waals surface area contributed by atoms with Crippen molar-refractivity contribution in [2.45, 2.75) is 19.3 Å². The summed E-state index contributed by atoms with van der Waals surface area (Å²) in [5, 5.41) is 3.02.